The van der Waals surface area contributed by atoms with Gasteiger partial charge >= 0.3 is 0 Å². The Morgan fingerprint density at radius 1 is 1.78 bits per heavy atom. The lowest BCUT2D eigenvalue weighted by Crippen LogP contribution is -2.29. The summed E-state index contributed by atoms with van der Waals surface area (Å²) in [6.07, 6.45) is 2.15. The second-order valence-corrected chi connectivity index (χ2v) is 6.19. The van der Waals surface area contributed by atoms with Gasteiger partial charge in [0, 0.05) is 12.7 Å². The molecule has 1 atom stereocenters. The van der Waals surface area contributed by atoms with Gasteiger partial charge in [-0.25, -0.2) is 0 Å². The molecule has 1 unspecified atom stereocenters. The highest BCUT2D eigenvalue weighted by Gasteiger charge is 2.28. The predicted molar refractivity (Wildman–Crippen MR) is 51.5 cm³/mol. The maximum absolute atomic E-state index is 2.45. The van der Waals surface area contributed by atoms with Gasteiger partial charge in [0.05, 0.1) is 0 Å². The lowest BCUT2D eigenvalue weighted by molar-refractivity contribution is 0.385. The van der Waals surface area contributed by atoms with E-state index in [1.165, 1.54) is 0 Å². The zero-order valence-corrected chi connectivity index (χ0v) is 8.57. The van der Waals surface area contributed by atoms with Crippen LogP contribution in [0.15, 0.2) is 11.6 Å². The summed E-state index contributed by atoms with van der Waals surface area (Å²) in [4.78, 5) is 2.32. The first-order chi connectivity index (χ1) is 4.17. The van der Waals surface area contributed by atoms with E-state index in [9.17, 15) is 0 Å². The normalized spacial score (nSPS) is 33.9. The number of halogens is 1. The molecule has 1 aliphatic rings. The molecule has 0 bridgehead atoms. The van der Waals surface area contributed by atoms with E-state index >= 15 is 0 Å². The van der Waals surface area contributed by atoms with Crippen LogP contribution in [-0.2, 0) is 0 Å². The summed E-state index contributed by atoms with van der Waals surface area (Å²) in [7, 11) is 0. The quantitative estimate of drug-likeness (QED) is 0.402. The molecule has 0 aromatic heterocycles. The SMILES string of the molecule is CCN1C=CSC1(C)I. The Labute approximate surface area is 74.0 Å². The first-order valence-electron chi connectivity index (χ1n) is 2.97. The van der Waals surface area contributed by atoms with Gasteiger partial charge in [0.1, 0.15) is 2.88 Å². The van der Waals surface area contributed by atoms with Gasteiger partial charge in [0.15, 0.2) is 0 Å². The second-order valence-electron chi connectivity index (χ2n) is 2.06. The van der Waals surface area contributed by atoms with Crippen molar-refractivity contribution in [1.82, 2.24) is 4.90 Å². The second kappa shape index (κ2) is 2.70. The smallest absolute Gasteiger partial charge is 0.139 e. The Morgan fingerprint density at radius 3 is 2.67 bits per heavy atom. The molecule has 0 aromatic carbocycles. The maximum atomic E-state index is 2.45. The minimum Gasteiger partial charge on any atom is -0.355 e. The van der Waals surface area contributed by atoms with Crippen molar-refractivity contribution in [3.8, 4) is 0 Å². The number of hydrogen-bond donors (Lipinski definition) is 0. The number of hydrogen-bond acceptors (Lipinski definition) is 2. The van der Waals surface area contributed by atoms with Gasteiger partial charge in [-0.05, 0) is 41.8 Å². The molecule has 0 aliphatic carbocycles. The highest BCUT2D eigenvalue weighted by molar-refractivity contribution is 14.1. The Balaban J connectivity index is 2.60. The largest absolute Gasteiger partial charge is 0.355 e. The molecule has 1 heterocycles. The predicted octanol–water partition coefficient (Wildman–Crippen LogP) is 2.64. The van der Waals surface area contributed by atoms with Gasteiger partial charge in [0.25, 0.3) is 0 Å². The van der Waals surface area contributed by atoms with Crippen LogP contribution in [0.5, 0.6) is 0 Å². The summed E-state index contributed by atoms with van der Waals surface area (Å²) in [6, 6.07) is 0. The van der Waals surface area contributed by atoms with Crippen LogP contribution in [0.4, 0.5) is 0 Å². The fraction of sp³-hybridized carbons (Fsp3) is 0.667. The molecule has 0 spiro atoms. The third kappa shape index (κ3) is 1.55. The Bertz CT molecular complexity index is 133. The lowest BCUT2D eigenvalue weighted by Gasteiger charge is -2.28. The number of alkyl halides is 1. The van der Waals surface area contributed by atoms with E-state index in [-0.39, 0.29) is 2.88 Å². The minimum atomic E-state index is 0.270. The number of thioether (sulfide) groups is 1. The van der Waals surface area contributed by atoms with Gasteiger partial charge < -0.3 is 4.90 Å². The van der Waals surface area contributed by atoms with E-state index in [2.05, 4.69) is 52.9 Å². The first-order valence-corrected chi connectivity index (χ1v) is 4.93. The Hall–Kier alpha value is 0.620. The molecule has 0 saturated carbocycles. The molecule has 0 amide bonds. The summed E-state index contributed by atoms with van der Waals surface area (Å²) in [5.41, 5.74) is 0. The van der Waals surface area contributed by atoms with Crippen LogP contribution in [0.1, 0.15) is 13.8 Å². The molecule has 1 nitrogen and oxygen atoms in total. The molecule has 3 heteroatoms. The van der Waals surface area contributed by atoms with Crippen LogP contribution in [-0.4, -0.2) is 14.3 Å². The van der Waals surface area contributed by atoms with Crippen molar-refractivity contribution in [3.63, 3.8) is 0 Å². The Kier molecular flexibility index (Phi) is 2.32. The molecule has 0 N–H and O–H groups in total. The van der Waals surface area contributed by atoms with Crippen molar-refractivity contribution in [2.24, 2.45) is 0 Å². The molecule has 9 heavy (non-hydrogen) atoms. The average molecular weight is 255 g/mol. The third-order valence-corrected chi connectivity index (χ3v) is 3.68. The van der Waals surface area contributed by atoms with Crippen LogP contribution < -0.4 is 0 Å². The van der Waals surface area contributed by atoms with Gasteiger partial charge in [0.2, 0.25) is 0 Å². The Morgan fingerprint density at radius 2 is 2.44 bits per heavy atom. The maximum Gasteiger partial charge on any atom is 0.139 e. The van der Waals surface area contributed by atoms with E-state index in [1.54, 1.807) is 0 Å². The summed E-state index contributed by atoms with van der Waals surface area (Å²) >= 11 is 4.32. The highest BCUT2D eigenvalue weighted by atomic mass is 127. The van der Waals surface area contributed by atoms with E-state index in [0.717, 1.165) is 6.54 Å². The standard InChI is InChI=1S/C6H10INS/c1-3-8-4-5-9-6(8,2)7/h4-5H,3H2,1-2H3. The summed E-state index contributed by atoms with van der Waals surface area (Å²) in [6.45, 7) is 5.50. The molecule has 1 rings (SSSR count). The van der Waals surface area contributed by atoms with Crippen molar-refractivity contribution in [2.75, 3.05) is 6.54 Å². The van der Waals surface area contributed by atoms with Crippen molar-refractivity contribution >= 4 is 34.4 Å². The van der Waals surface area contributed by atoms with E-state index in [0.29, 0.717) is 0 Å². The monoisotopic (exact) mass is 255 g/mol. The molecule has 0 aromatic rings. The van der Waals surface area contributed by atoms with E-state index < -0.39 is 0 Å². The van der Waals surface area contributed by atoms with Crippen LogP contribution in [0.3, 0.4) is 0 Å². The van der Waals surface area contributed by atoms with Crippen molar-refractivity contribution in [2.45, 2.75) is 16.7 Å². The average Bonchev–Trinajstić information content (AvgIpc) is 2.08. The van der Waals surface area contributed by atoms with E-state index in [4.69, 9.17) is 0 Å². The number of rotatable bonds is 1. The van der Waals surface area contributed by atoms with Gasteiger partial charge in [-0.2, -0.15) is 0 Å². The van der Waals surface area contributed by atoms with Crippen LogP contribution in [0.25, 0.3) is 0 Å². The fourth-order valence-corrected chi connectivity index (χ4v) is 2.54. The molecular weight excluding hydrogens is 245 g/mol. The van der Waals surface area contributed by atoms with Crippen LogP contribution >= 0.6 is 34.4 Å². The van der Waals surface area contributed by atoms with Crippen molar-refractivity contribution < 1.29 is 0 Å². The number of nitrogens with zero attached hydrogens (tertiary/aromatic N) is 1. The van der Waals surface area contributed by atoms with Crippen molar-refractivity contribution in [3.05, 3.63) is 11.6 Å². The molecule has 0 fully saturated rings. The summed E-state index contributed by atoms with van der Waals surface area (Å²) in [5.74, 6) is 0. The highest BCUT2D eigenvalue weighted by Crippen LogP contribution is 2.41. The zero-order chi connectivity index (χ0) is 6.91. The van der Waals surface area contributed by atoms with Gasteiger partial charge in [-0.3, -0.25) is 0 Å². The minimum absolute atomic E-state index is 0.270. The fourth-order valence-electron chi connectivity index (χ4n) is 0.817. The topological polar surface area (TPSA) is 3.24 Å². The molecule has 0 saturated heterocycles. The third-order valence-electron chi connectivity index (χ3n) is 1.38. The van der Waals surface area contributed by atoms with Crippen molar-refractivity contribution in [1.29, 1.82) is 0 Å². The summed E-state index contributed by atoms with van der Waals surface area (Å²) in [5, 5.41) is 2.15. The summed E-state index contributed by atoms with van der Waals surface area (Å²) < 4.78 is 0.270. The zero-order valence-electron chi connectivity index (χ0n) is 5.60. The van der Waals surface area contributed by atoms with Crippen LogP contribution in [0, 0.1) is 0 Å². The van der Waals surface area contributed by atoms with Gasteiger partial charge in [-0.15, -0.1) is 0 Å². The lowest BCUT2D eigenvalue weighted by atomic mass is 10.5. The molecule has 1 aliphatic heterocycles. The van der Waals surface area contributed by atoms with E-state index in [1.807, 2.05) is 11.8 Å². The van der Waals surface area contributed by atoms with Gasteiger partial charge in [-0.1, -0.05) is 11.8 Å². The molecular formula is C6H10INS. The van der Waals surface area contributed by atoms with Crippen LogP contribution in [0.2, 0.25) is 0 Å². The molecule has 52 valence electrons. The molecule has 0 radical (unpaired) electrons. The first kappa shape index (κ1) is 7.72.